The third kappa shape index (κ3) is 3.81. The SMILES string of the molecule is C=C(CNCCC)Cn1ccnc1C(C)C. The summed E-state index contributed by atoms with van der Waals surface area (Å²) >= 11 is 0. The van der Waals surface area contributed by atoms with E-state index < -0.39 is 0 Å². The van der Waals surface area contributed by atoms with Crippen LogP contribution in [0.5, 0.6) is 0 Å². The number of nitrogens with zero attached hydrogens (tertiary/aromatic N) is 2. The van der Waals surface area contributed by atoms with Crippen LogP contribution in [0.1, 0.15) is 38.9 Å². The lowest BCUT2D eigenvalue weighted by atomic mass is 10.2. The molecule has 0 spiro atoms. The van der Waals surface area contributed by atoms with Gasteiger partial charge in [0, 0.05) is 31.4 Å². The minimum atomic E-state index is 0.464. The molecular weight excluding hydrogens is 198 g/mol. The Morgan fingerprint density at radius 1 is 1.56 bits per heavy atom. The Bertz CT molecular complexity index is 326. The van der Waals surface area contributed by atoms with E-state index in [9.17, 15) is 0 Å². The fourth-order valence-corrected chi connectivity index (χ4v) is 1.69. The minimum absolute atomic E-state index is 0.464. The van der Waals surface area contributed by atoms with Crippen molar-refractivity contribution in [3.05, 3.63) is 30.4 Å². The smallest absolute Gasteiger partial charge is 0.111 e. The zero-order valence-corrected chi connectivity index (χ0v) is 10.7. The summed E-state index contributed by atoms with van der Waals surface area (Å²) in [6.07, 6.45) is 5.05. The van der Waals surface area contributed by atoms with E-state index in [1.54, 1.807) is 0 Å². The molecule has 1 rings (SSSR count). The van der Waals surface area contributed by atoms with Crippen LogP contribution in [0, 0.1) is 0 Å². The molecule has 1 aromatic rings. The number of hydrogen-bond donors (Lipinski definition) is 1. The van der Waals surface area contributed by atoms with Crippen molar-refractivity contribution in [2.75, 3.05) is 13.1 Å². The first-order valence-electron chi connectivity index (χ1n) is 6.03. The molecule has 1 aromatic heterocycles. The van der Waals surface area contributed by atoms with Crippen LogP contribution in [0.25, 0.3) is 0 Å². The van der Waals surface area contributed by atoms with E-state index in [1.165, 1.54) is 5.57 Å². The van der Waals surface area contributed by atoms with Crippen molar-refractivity contribution in [2.45, 2.75) is 39.7 Å². The first-order chi connectivity index (χ1) is 7.65. The van der Waals surface area contributed by atoms with Crippen LogP contribution in [0.3, 0.4) is 0 Å². The molecule has 0 aliphatic carbocycles. The molecule has 3 nitrogen and oxygen atoms in total. The van der Waals surface area contributed by atoms with E-state index >= 15 is 0 Å². The monoisotopic (exact) mass is 221 g/mol. The molecule has 0 atom stereocenters. The van der Waals surface area contributed by atoms with Gasteiger partial charge in [0.25, 0.3) is 0 Å². The molecule has 0 amide bonds. The summed E-state index contributed by atoms with van der Waals surface area (Å²) in [5.41, 5.74) is 1.20. The molecule has 0 saturated carbocycles. The van der Waals surface area contributed by atoms with Crippen molar-refractivity contribution in [1.29, 1.82) is 0 Å². The van der Waals surface area contributed by atoms with Gasteiger partial charge >= 0.3 is 0 Å². The molecule has 0 unspecified atom stereocenters. The van der Waals surface area contributed by atoms with E-state index in [-0.39, 0.29) is 0 Å². The van der Waals surface area contributed by atoms with E-state index in [2.05, 4.69) is 42.2 Å². The predicted octanol–water partition coefficient (Wildman–Crippen LogP) is 2.56. The van der Waals surface area contributed by atoms with Crippen molar-refractivity contribution >= 4 is 0 Å². The Kier molecular flexibility index (Phi) is 5.26. The summed E-state index contributed by atoms with van der Waals surface area (Å²) < 4.78 is 2.18. The quantitative estimate of drug-likeness (QED) is 0.566. The second kappa shape index (κ2) is 6.48. The van der Waals surface area contributed by atoms with Gasteiger partial charge in [0.05, 0.1) is 0 Å². The zero-order valence-electron chi connectivity index (χ0n) is 10.7. The molecule has 0 aromatic carbocycles. The van der Waals surface area contributed by atoms with Gasteiger partial charge in [-0.25, -0.2) is 4.98 Å². The van der Waals surface area contributed by atoms with Gasteiger partial charge in [-0.3, -0.25) is 0 Å². The predicted molar refractivity (Wildman–Crippen MR) is 68.6 cm³/mol. The lowest BCUT2D eigenvalue weighted by Crippen LogP contribution is -2.20. The maximum atomic E-state index is 4.37. The van der Waals surface area contributed by atoms with Gasteiger partial charge in [-0.1, -0.05) is 27.4 Å². The highest BCUT2D eigenvalue weighted by Crippen LogP contribution is 2.12. The lowest BCUT2D eigenvalue weighted by Gasteiger charge is -2.12. The van der Waals surface area contributed by atoms with Crippen molar-refractivity contribution in [1.82, 2.24) is 14.9 Å². The van der Waals surface area contributed by atoms with Gasteiger partial charge in [0.1, 0.15) is 5.82 Å². The van der Waals surface area contributed by atoms with Gasteiger partial charge in [-0.2, -0.15) is 0 Å². The molecule has 16 heavy (non-hydrogen) atoms. The number of hydrogen-bond acceptors (Lipinski definition) is 2. The molecule has 0 saturated heterocycles. The average molecular weight is 221 g/mol. The molecule has 90 valence electrons. The highest BCUT2D eigenvalue weighted by atomic mass is 15.1. The Morgan fingerprint density at radius 3 is 2.94 bits per heavy atom. The molecular formula is C13H23N3. The van der Waals surface area contributed by atoms with Crippen molar-refractivity contribution < 1.29 is 0 Å². The largest absolute Gasteiger partial charge is 0.331 e. The molecule has 1 heterocycles. The first-order valence-corrected chi connectivity index (χ1v) is 6.03. The Labute approximate surface area is 98.6 Å². The normalized spacial score (nSPS) is 11.0. The van der Waals surface area contributed by atoms with Gasteiger partial charge < -0.3 is 9.88 Å². The number of rotatable bonds is 7. The van der Waals surface area contributed by atoms with Crippen LogP contribution < -0.4 is 5.32 Å². The van der Waals surface area contributed by atoms with Crippen LogP contribution in [0.2, 0.25) is 0 Å². The van der Waals surface area contributed by atoms with Gasteiger partial charge in [0.15, 0.2) is 0 Å². The first kappa shape index (κ1) is 13.0. The van der Waals surface area contributed by atoms with Crippen LogP contribution in [0.15, 0.2) is 24.5 Å². The molecule has 0 aliphatic rings. The summed E-state index contributed by atoms with van der Waals surface area (Å²) in [5.74, 6) is 1.60. The number of aromatic nitrogens is 2. The molecule has 3 heteroatoms. The van der Waals surface area contributed by atoms with Crippen LogP contribution in [-0.2, 0) is 6.54 Å². The third-order valence-corrected chi connectivity index (χ3v) is 2.46. The zero-order chi connectivity index (χ0) is 12.0. The number of imidazole rings is 1. The van der Waals surface area contributed by atoms with Gasteiger partial charge in [-0.15, -0.1) is 0 Å². The van der Waals surface area contributed by atoms with Gasteiger partial charge in [0.2, 0.25) is 0 Å². The average Bonchev–Trinajstić information content (AvgIpc) is 2.66. The minimum Gasteiger partial charge on any atom is -0.331 e. The highest BCUT2D eigenvalue weighted by molar-refractivity contribution is 5.04. The maximum absolute atomic E-state index is 4.37. The molecule has 0 bridgehead atoms. The van der Waals surface area contributed by atoms with Crippen molar-refractivity contribution in [3.63, 3.8) is 0 Å². The van der Waals surface area contributed by atoms with E-state index in [0.717, 1.165) is 31.9 Å². The summed E-state index contributed by atoms with van der Waals surface area (Å²) in [6, 6.07) is 0. The Morgan fingerprint density at radius 2 is 2.31 bits per heavy atom. The molecule has 0 radical (unpaired) electrons. The standard InChI is InChI=1S/C13H23N3/c1-5-6-14-9-12(4)10-16-8-7-15-13(16)11(2)3/h7-8,11,14H,4-6,9-10H2,1-3H3. The van der Waals surface area contributed by atoms with Crippen LogP contribution in [-0.4, -0.2) is 22.6 Å². The van der Waals surface area contributed by atoms with Gasteiger partial charge in [-0.05, 0) is 18.5 Å². The van der Waals surface area contributed by atoms with E-state index in [4.69, 9.17) is 0 Å². The fraction of sp³-hybridized carbons (Fsp3) is 0.615. The van der Waals surface area contributed by atoms with E-state index in [1.807, 2.05) is 12.4 Å². The topological polar surface area (TPSA) is 29.9 Å². The highest BCUT2D eigenvalue weighted by Gasteiger charge is 2.07. The Hall–Kier alpha value is -1.09. The Balaban J connectivity index is 2.46. The third-order valence-electron chi connectivity index (χ3n) is 2.46. The summed E-state index contributed by atoms with van der Waals surface area (Å²) in [4.78, 5) is 4.37. The summed E-state index contributed by atoms with van der Waals surface area (Å²) in [7, 11) is 0. The fourth-order valence-electron chi connectivity index (χ4n) is 1.69. The summed E-state index contributed by atoms with van der Waals surface area (Å²) in [5, 5.41) is 3.36. The van der Waals surface area contributed by atoms with Crippen molar-refractivity contribution in [2.24, 2.45) is 0 Å². The summed E-state index contributed by atoms with van der Waals surface area (Å²) in [6.45, 7) is 13.4. The number of nitrogens with one attached hydrogen (secondary N) is 1. The van der Waals surface area contributed by atoms with Crippen molar-refractivity contribution in [3.8, 4) is 0 Å². The maximum Gasteiger partial charge on any atom is 0.111 e. The molecule has 1 N–H and O–H groups in total. The molecule has 0 aliphatic heterocycles. The second-order valence-corrected chi connectivity index (χ2v) is 4.49. The lowest BCUT2D eigenvalue weighted by molar-refractivity contribution is 0.634. The van der Waals surface area contributed by atoms with E-state index in [0.29, 0.717) is 5.92 Å². The molecule has 0 fully saturated rings. The van der Waals surface area contributed by atoms with Crippen LogP contribution in [0.4, 0.5) is 0 Å². The van der Waals surface area contributed by atoms with Crippen LogP contribution >= 0.6 is 0 Å². The second-order valence-electron chi connectivity index (χ2n) is 4.49.